The van der Waals surface area contributed by atoms with E-state index in [-0.39, 0.29) is 29.6 Å². The molecular weight excluding hydrogens is 341 g/mol. The summed E-state index contributed by atoms with van der Waals surface area (Å²) in [6, 6.07) is 0. The second kappa shape index (κ2) is 5.53. The van der Waals surface area contributed by atoms with E-state index in [9.17, 15) is 5.11 Å². The highest BCUT2D eigenvalue weighted by Crippen LogP contribution is 2.51. The lowest BCUT2D eigenvalue weighted by Crippen LogP contribution is -2.42. The Labute approximate surface area is 126 Å². The van der Waals surface area contributed by atoms with Crippen molar-refractivity contribution in [1.29, 1.82) is 0 Å². The molecule has 0 radical (unpaired) electrons. The van der Waals surface area contributed by atoms with Gasteiger partial charge in [-0.3, -0.25) is 4.99 Å². The number of nitrogens with one attached hydrogen (secondary N) is 1. The standard InChI is InChI=1S/C13H23N3O.HI/c1-16-7-6-15-12(16)14-5-4-13(17)9-10-2-3-11(13)8-10;/h10-11,17H,2-9H2,1H3,(H,14,15);1H. The van der Waals surface area contributed by atoms with Crippen LogP contribution in [0.15, 0.2) is 4.99 Å². The molecule has 5 heteroatoms. The van der Waals surface area contributed by atoms with E-state index in [1.807, 2.05) is 0 Å². The third-order valence-electron chi connectivity index (χ3n) is 4.84. The molecular formula is C13H24IN3O. The van der Waals surface area contributed by atoms with Crippen LogP contribution < -0.4 is 5.32 Å². The summed E-state index contributed by atoms with van der Waals surface area (Å²) in [6.45, 7) is 2.76. The summed E-state index contributed by atoms with van der Waals surface area (Å²) in [4.78, 5) is 6.55. The van der Waals surface area contributed by atoms with Gasteiger partial charge in [0.15, 0.2) is 5.96 Å². The first-order valence-electron chi connectivity index (χ1n) is 6.89. The van der Waals surface area contributed by atoms with Gasteiger partial charge in [0.25, 0.3) is 0 Å². The quantitative estimate of drug-likeness (QED) is 0.745. The molecule has 2 aliphatic carbocycles. The first-order chi connectivity index (χ1) is 8.17. The third-order valence-corrected chi connectivity index (χ3v) is 4.84. The minimum Gasteiger partial charge on any atom is -0.390 e. The average molecular weight is 365 g/mol. The molecule has 3 atom stereocenters. The van der Waals surface area contributed by atoms with Gasteiger partial charge in [-0.25, -0.2) is 0 Å². The van der Waals surface area contributed by atoms with Crippen LogP contribution in [0.2, 0.25) is 0 Å². The lowest BCUT2D eigenvalue weighted by Gasteiger charge is -2.32. The van der Waals surface area contributed by atoms with Gasteiger partial charge in [0.2, 0.25) is 0 Å². The molecule has 18 heavy (non-hydrogen) atoms. The minimum atomic E-state index is -0.381. The van der Waals surface area contributed by atoms with Crippen LogP contribution in [0, 0.1) is 11.8 Å². The fraction of sp³-hybridized carbons (Fsp3) is 0.923. The van der Waals surface area contributed by atoms with E-state index in [1.165, 1.54) is 19.3 Å². The van der Waals surface area contributed by atoms with Gasteiger partial charge in [0.1, 0.15) is 0 Å². The van der Waals surface area contributed by atoms with Crippen molar-refractivity contribution >= 4 is 29.9 Å². The Hall–Kier alpha value is -0.0400. The van der Waals surface area contributed by atoms with E-state index < -0.39 is 0 Å². The predicted molar refractivity (Wildman–Crippen MR) is 83.4 cm³/mol. The van der Waals surface area contributed by atoms with E-state index in [4.69, 9.17) is 0 Å². The Morgan fingerprint density at radius 1 is 1.50 bits per heavy atom. The molecule has 3 rings (SSSR count). The van der Waals surface area contributed by atoms with E-state index in [0.29, 0.717) is 5.92 Å². The number of halogens is 1. The Morgan fingerprint density at radius 2 is 2.33 bits per heavy atom. The maximum Gasteiger partial charge on any atom is 0.193 e. The SMILES string of the molecule is CN1CCN=C1NCCC1(O)CC2CCC1C2.I. The molecule has 0 amide bonds. The maximum atomic E-state index is 10.6. The van der Waals surface area contributed by atoms with Crippen molar-refractivity contribution in [2.24, 2.45) is 16.8 Å². The molecule has 2 N–H and O–H groups in total. The Kier molecular flexibility index (Phi) is 4.41. The third kappa shape index (κ3) is 2.61. The van der Waals surface area contributed by atoms with E-state index in [1.54, 1.807) is 0 Å². The van der Waals surface area contributed by atoms with Gasteiger partial charge in [-0.1, -0.05) is 0 Å². The molecule has 1 heterocycles. The number of rotatable bonds is 3. The Balaban J connectivity index is 0.00000120. The van der Waals surface area contributed by atoms with Gasteiger partial charge >= 0.3 is 0 Å². The van der Waals surface area contributed by atoms with Crippen LogP contribution in [0.25, 0.3) is 0 Å². The number of likely N-dealkylation sites (N-methyl/N-ethyl adjacent to an activating group) is 1. The zero-order chi connectivity index (χ0) is 11.9. The normalized spacial score (nSPS) is 37.7. The smallest absolute Gasteiger partial charge is 0.193 e. The highest BCUT2D eigenvalue weighted by atomic mass is 127. The fourth-order valence-corrected chi connectivity index (χ4v) is 3.84. The van der Waals surface area contributed by atoms with Crippen LogP contribution in [0.4, 0.5) is 0 Å². The summed E-state index contributed by atoms with van der Waals surface area (Å²) < 4.78 is 0. The van der Waals surface area contributed by atoms with Gasteiger partial charge in [0, 0.05) is 20.1 Å². The van der Waals surface area contributed by atoms with Gasteiger partial charge in [-0.2, -0.15) is 0 Å². The van der Waals surface area contributed by atoms with Crippen LogP contribution in [0.3, 0.4) is 0 Å². The molecule has 2 fully saturated rings. The molecule has 0 spiro atoms. The highest BCUT2D eigenvalue weighted by molar-refractivity contribution is 14.0. The van der Waals surface area contributed by atoms with Crippen molar-refractivity contribution in [3.8, 4) is 0 Å². The average Bonchev–Trinajstić information content (AvgIpc) is 2.95. The molecule has 3 aliphatic rings. The zero-order valence-corrected chi connectivity index (χ0v) is 13.4. The number of aliphatic hydroxyl groups is 1. The molecule has 0 aromatic heterocycles. The van der Waals surface area contributed by atoms with Crippen molar-refractivity contribution < 1.29 is 5.11 Å². The second-order valence-electron chi connectivity index (χ2n) is 5.99. The number of fused-ring (bicyclic) bond motifs is 2. The molecule has 3 unspecified atom stereocenters. The molecule has 104 valence electrons. The van der Waals surface area contributed by atoms with Crippen molar-refractivity contribution in [3.05, 3.63) is 0 Å². The van der Waals surface area contributed by atoms with Gasteiger partial charge < -0.3 is 15.3 Å². The topological polar surface area (TPSA) is 47.9 Å². The molecule has 2 saturated carbocycles. The summed E-state index contributed by atoms with van der Waals surface area (Å²) in [5.74, 6) is 2.37. The fourth-order valence-electron chi connectivity index (χ4n) is 3.84. The predicted octanol–water partition coefficient (Wildman–Crippen LogP) is 1.44. The molecule has 0 aromatic rings. The number of aliphatic imine (C=N–C) groups is 1. The van der Waals surface area contributed by atoms with Crippen molar-refractivity contribution in [1.82, 2.24) is 10.2 Å². The number of hydrogen-bond donors (Lipinski definition) is 2. The van der Waals surface area contributed by atoms with Crippen LogP contribution in [0.5, 0.6) is 0 Å². The van der Waals surface area contributed by atoms with Crippen LogP contribution in [-0.2, 0) is 0 Å². The van der Waals surface area contributed by atoms with Crippen LogP contribution >= 0.6 is 24.0 Å². The van der Waals surface area contributed by atoms with Crippen molar-refractivity contribution in [3.63, 3.8) is 0 Å². The van der Waals surface area contributed by atoms with Crippen LogP contribution in [0.1, 0.15) is 32.1 Å². The second-order valence-corrected chi connectivity index (χ2v) is 5.99. The molecule has 0 saturated heterocycles. The molecule has 4 nitrogen and oxygen atoms in total. The number of guanidine groups is 1. The minimum absolute atomic E-state index is 0. The Bertz CT molecular complexity index is 336. The van der Waals surface area contributed by atoms with Gasteiger partial charge in [-0.15, -0.1) is 24.0 Å². The van der Waals surface area contributed by atoms with E-state index in [2.05, 4.69) is 22.3 Å². The summed E-state index contributed by atoms with van der Waals surface area (Å²) in [7, 11) is 2.06. The van der Waals surface area contributed by atoms with E-state index >= 15 is 0 Å². The van der Waals surface area contributed by atoms with E-state index in [0.717, 1.165) is 44.4 Å². The summed E-state index contributed by atoms with van der Waals surface area (Å²) >= 11 is 0. The first-order valence-corrected chi connectivity index (χ1v) is 6.89. The lowest BCUT2D eigenvalue weighted by molar-refractivity contribution is -0.0191. The molecule has 2 bridgehead atoms. The monoisotopic (exact) mass is 365 g/mol. The maximum absolute atomic E-state index is 10.6. The van der Waals surface area contributed by atoms with Crippen molar-refractivity contribution in [2.75, 3.05) is 26.7 Å². The van der Waals surface area contributed by atoms with Gasteiger partial charge in [0.05, 0.1) is 12.1 Å². The molecule has 1 aliphatic heterocycles. The first kappa shape index (κ1) is 14.4. The summed E-state index contributed by atoms with van der Waals surface area (Å²) in [6.07, 6.45) is 5.75. The summed E-state index contributed by atoms with van der Waals surface area (Å²) in [5.41, 5.74) is -0.381. The van der Waals surface area contributed by atoms with Crippen molar-refractivity contribution in [2.45, 2.75) is 37.7 Å². The Morgan fingerprint density at radius 3 is 2.89 bits per heavy atom. The molecule has 0 aromatic carbocycles. The van der Waals surface area contributed by atoms with Gasteiger partial charge in [-0.05, 0) is 43.9 Å². The number of hydrogen-bond acceptors (Lipinski definition) is 4. The number of nitrogens with zero attached hydrogens (tertiary/aromatic N) is 2. The zero-order valence-electron chi connectivity index (χ0n) is 11.1. The summed E-state index contributed by atoms with van der Waals surface area (Å²) in [5, 5.41) is 14.0. The van der Waals surface area contributed by atoms with Crippen LogP contribution in [-0.4, -0.2) is 48.2 Å². The largest absolute Gasteiger partial charge is 0.390 e. The lowest BCUT2D eigenvalue weighted by atomic mass is 9.82. The highest BCUT2D eigenvalue weighted by Gasteiger charge is 2.49.